The second-order valence-corrected chi connectivity index (χ2v) is 7.15. The molecule has 0 aliphatic heterocycles. The normalized spacial score (nSPS) is 32.8. The van der Waals surface area contributed by atoms with E-state index in [1.807, 2.05) is 10.9 Å². The molecule has 0 spiro atoms. The van der Waals surface area contributed by atoms with Crippen LogP contribution in [0.15, 0.2) is 12.3 Å². The first-order valence-corrected chi connectivity index (χ1v) is 7.78. The van der Waals surface area contributed by atoms with E-state index >= 15 is 0 Å². The summed E-state index contributed by atoms with van der Waals surface area (Å²) >= 11 is 0. The van der Waals surface area contributed by atoms with Gasteiger partial charge in [0.1, 0.15) is 0 Å². The minimum absolute atomic E-state index is 0.558. The average Bonchev–Trinajstić information content (AvgIpc) is 2.81. The van der Waals surface area contributed by atoms with E-state index < -0.39 is 0 Å². The van der Waals surface area contributed by atoms with Gasteiger partial charge >= 0.3 is 0 Å². The SMILES string of the molecule is CC(C)NCC1(CCc2ccnn2C)CC2CC2C1. The Kier molecular flexibility index (Phi) is 3.42. The lowest BCUT2D eigenvalue weighted by Gasteiger charge is -2.32. The van der Waals surface area contributed by atoms with E-state index in [4.69, 9.17) is 0 Å². The Morgan fingerprint density at radius 1 is 1.42 bits per heavy atom. The summed E-state index contributed by atoms with van der Waals surface area (Å²) in [5, 5.41) is 7.98. The number of fused-ring (bicyclic) bond motifs is 1. The van der Waals surface area contributed by atoms with Gasteiger partial charge in [0.2, 0.25) is 0 Å². The largest absolute Gasteiger partial charge is 0.314 e. The summed E-state index contributed by atoms with van der Waals surface area (Å²) in [7, 11) is 2.06. The number of nitrogens with one attached hydrogen (secondary N) is 1. The summed E-state index contributed by atoms with van der Waals surface area (Å²) in [6, 6.07) is 2.77. The Bertz CT molecular complexity index is 425. The van der Waals surface area contributed by atoms with Crippen molar-refractivity contribution in [2.24, 2.45) is 24.3 Å². The van der Waals surface area contributed by atoms with Gasteiger partial charge in [0.25, 0.3) is 0 Å². The van der Waals surface area contributed by atoms with Gasteiger partial charge in [-0.25, -0.2) is 0 Å². The van der Waals surface area contributed by atoms with Crippen molar-refractivity contribution in [1.82, 2.24) is 15.1 Å². The average molecular weight is 261 g/mol. The predicted octanol–water partition coefficient (Wildman–Crippen LogP) is 2.77. The summed E-state index contributed by atoms with van der Waals surface area (Å²) in [5.41, 5.74) is 1.94. The van der Waals surface area contributed by atoms with Gasteiger partial charge in [-0.15, -0.1) is 0 Å². The summed E-state index contributed by atoms with van der Waals surface area (Å²) in [4.78, 5) is 0. The summed E-state index contributed by atoms with van der Waals surface area (Å²) in [6.07, 6.45) is 8.83. The molecule has 1 aromatic rings. The highest BCUT2D eigenvalue weighted by Gasteiger charge is 2.53. The first-order chi connectivity index (χ1) is 9.08. The van der Waals surface area contributed by atoms with Crippen LogP contribution >= 0.6 is 0 Å². The maximum atomic E-state index is 4.28. The van der Waals surface area contributed by atoms with E-state index in [9.17, 15) is 0 Å². The van der Waals surface area contributed by atoms with E-state index in [0.717, 1.165) is 11.8 Å². The van der Waals surface area contributed by atoms with Crippen molar-refractivity contribution in [1.29, 1.82) is 0 Å². The zero-order chi connectivity index (χ0) is 13.5. The molecule has 19 heavy (non-hydrogen) atoms. The van der Waals surface area contributed by atoms with Crippen LogP contribution in [-0.4, -0.2) is 22.4 Å². The van der Waals surface area contributed by atoms with Crippen LogP contribution in [-0.2, 0) is 13.5 Å². The molecule has 0 radical (unpaired) electrons. The summed E-state index contributed by atoms with van der Waals surface area (Å²) in [6.45, 7) is 5.71. The Hall–Kier alpha value is -0.830. The van der Waals surface area contributed by atoms with Gasteiger partial charge in [-0.05, 0) is 55.4 Å². The molecular weight excluding hydrogens is 234 g/mol. The van der Waals surface area contributed by atoms with Crippen molar-refractivity contribution in [3.05, 3.63) is 18.0 Å². The molecule has 1 N–H and O–H groups in total. The fraction of sp³-hybridized carbons (Fsp3) is 0.812. The lowest BCUT2D eigenvalue weighted by atomic mass is 9.78. The van der Waals surface area contributed by atoms with Crippen LogP contribution in [0, 0.1) is 17.3 Å². The molecule has 2 atom stereocenters. The number of rotatable bonds is 6. The van der Waals surface area contributed by atoms with Gasteiger partial charge < -0.3 is 5.32 Å². The number of nitrogens with zero attached hydrogens (tertiary/aromatic N) is 2. The van der Waals surface area contributed by atoms with Crippen LogP contribution in [0.5, 0.6) is 0 Å². The molecule has 2 unspecified atom stereocenters. The molecule has 2 aliphatic carbocycles. The molecule has 2 fully saturated rings. The lowest BCUT2D eigenvalue weighted by Crippen LogP contribution is -2.37. The molecule has 3 heteroatoms. The van der Waals surface area contributed by atoms with E-state index in [2.05, 4.69) is 37.4 Å². The van der Waals surface area contributed by atoms with Gasteiger partial charge in [-0.1, -0.05) is 13.8 Å². The zero-order valence-electron chi connectivity index (χ0n) is 12.5. The van der Waals surface area contributed by atoms with Gasteiger partial charge in [0, 0.05) is 31.5 Å². The van der Waals surface area contributed by atoms with Crippen molar-refractivity contribution >= 4 is 0 Å². The summed E-state index contributed by atoms with van der Waals surface area (Å²) < 4.78 is 2.03. The first-order valence-electron chi connectivity index (χ1n) is 7.78. The van der Waals surface area contributed by atoms with E-state index in [1.54, 1.807) is 0 Å². The van der Waals surface area contributed by atoms with Crippen molar-refractivity contribution in [3.63, 3.8) is 0 Å². The zero-order valence-corrected chi connectivity index (χ0v) is 12.5. The van der Waals surface area contributed by atoms with Crippen molar-refractivity contribution < 1.29 is 0 Å². The molecular formula is C16H27N3. The number of hydrogen-bond acceptors (Lipinski definition) is 2. The van der Waals surface area contributed by atoms with Gasteiger partial charge in [0.15, 0.2) is 0 Å². The Labute approximate surface area is 116 Å². The molecule has 0 bridgehead atoms. The molecule has 2 aliphatic rings. The minimum Gasteiger partial charge on any atom is -0.314 e. The van der Waals surface area contributed by atoms with Gasteiger partial charge in [-0.3, -0.25) is 4.68 Å². The molecule has 0 aromatic carbocycles. The van der Waals surface area contributed by atoms with Crippen molar-refractivity contribution in [2.45, 2.75) is 52.0 Å². The first kappa shape index (κ1) is 13.2. The molecule has 3 nitrogen and oxygen atoms in total. The van der Waals surface area contributed by atoms with Crippen LogP contribution in [0.4, 0.5) is 0 Å². The third kappa shape index (κ3) is 2.86. The fourth-order valence-corrected chi connectivity index (χ4v) is 3.90. The highest BCUT2D eigenvalue weighted by atomic mass is 15.2. The van der Waals surface area contributed by atoms with Crippen LogP contribution in [0.25, 0.3) is 0 Å². The number of aryl methyl sites for hydroxylation is 2. The quantitative estimate of drug-likeness (QED) is 0.853. The van der Waals surface area contributed by atoms with Gasteiger partial charge in [0.05, 0.1) is 0 Å². The Morgan fingerprint density at radius 3 is 2.74 bits per heavy atom. The molecule has 2 saturated carbocycles. The molecule has 0 saturated heterocycles. The van der Waals surface area contributed by atoms with Crippen molar-refractivity contribution in [2.75, 3.05) is 6.54 Å². The molecule has 3 rings (SSSR count). The predicted molar refractivity (Wildman–Crippen MR) is 77.9 cm³/mol. The highest BCUT2D eigenvalue weighted by molar-refractivity contribution is 5.07. The monoisotopic (exact) mass is 261 g/mol. The molecule has 1 aromatic heterocycles. The molecule has 106 valence electrons. The van der Waals surface area contributed by atoms with Gasteiger partial charge in [-0.2, -0.15) is 5.10 Å². The Balaban J connectivity index is 1.61. The maximum absolute atomic E-state index is 4.28. The topological polar surface area (TPSA) is 29.9 Å². The molecule has 0 amide bonds. The second kappa shape index (κ2) is 4.93. The van der Waals surface area contributed by atoms with Crippen molar-refractivity contribution in [3.8, 4) is 0 Å². The smallest absolute Gasteiger partial charge is 0.0492 e. The van der Waals surface area contributed by atoms with Crippen LogP contribution in [0.2, 0.25) is 0 Å². The highest BCUT2D eigenvalue weighted by Crippen LogP contribution is 2.61. The van der Waals surface area contributed by atoms with E-state index in [0.29, 0.717) is 11.5 Å². The van der Waals surface area contributed by atoms with Crippen LogP contribution < -0.4 is 5.32 Å². The summed E-state index contributed by atoms with van der Waals surface area (Å²) in [5.74, 6) is 2.11. The Morgan fingerprint density at radius 2 is 2.16 bits per heavy atom. The molecule has 1 heterocycles. The standard InChI is InChI=1S/C16H27N3/c1-12(2)17-11-16(9-13-8-14(13)10-16)6-4-15-5-7-18-19(15)3/h5,7,12-14,17H,4,6,8-11H2,1-3H3. The lowest BCUT2D eigenvalue weighted by molar-refractivity contribution is 0.223. The number of aromatic nitrogens is 2. The third-order valence-corrected chi connectivity index (χ3v) is 5.18. The van der Waals surface area contributed by atoms with Crippen LogP contribution in [0.3, 0.4) is 0 Å². The number of hydrogen-bond donors (Lipinski definition) is 1. The second-order valence-electron chi connectivity index (χ2n) is 7.15. The van der Waals surface area contributed by atoms with Crippen LogP contribution in [0.1, 0.15) is 45.2 Å². The van der Waals surface area contributed by atoms with E-state index in [1.165, 1.54) is 44.3 Å². The fourth-order valence-electron chi connectivity index (χ4n) is 3.90. The van der Waals surface area contributed by atoms with E-state index in [-0.39, 0.29) is 0 Å². The maximum Gasteiger partial charge on any atom is 0.0492 e. The minimum atomic E-state index is 0.558. The third-order valence-electron chi connectivity index (χ3n) is 5.18.